The van der Waals surface area contributed by atoms with Crippen LogP contribution in [0.15, 0.2) is 164 Å². The summed E-state index contributed by atoms with van der Waals surface area (Å²) in [6.45, 7) is 10.4. The van der Waals surface area contributed by atoms with Crippen molar-refractivity contribution in [1.29, 1.82) is 0 Å². The third-order valence-corrected chi connectivity index (χ3v) is 13.8. The highest BCUT2D eigenvalue weighted by atomic mass is 79.9. The number of hydrogen-bond acceptors (Lipinski definition) is 9. The molecule has 9 rings (SSSR count). The van der Waals surface area contributed by atoms with Crippen molar-refractivity contribution < 1.29 is 43.2 Å². The van der Waals surface area contributed by atoms with E-state index in [0.717, 1.165) is 27.6 Å². The highest BCUT2D eigenvalue weighted by molar-refractivity contribution is 9.08. The van der Waals surface area contributed by atoms with Crippen LogP contribution in [0.5, 0.6) is 0 Å². The molecular weight excluding hydrogens is 1070 g/mol. The van der Waals surface area contributed by atoms with Gasteiger partial charge in [0.05, 0.1) is 29.2 Å². The maximum atomic E-state index is 12.4. The molecule has 0 saturated carbocycles. The molecule has 3 aliphatic heterocycles. The van der Waals surface area contributed by atoms with Crippen LogP contribution >= 0.6 is 32.1 Å². The van der Waals surface area contributed by atoms with E-state index in [4.69, 9.17) is 0 Å². The predicted octanol–water partition coefficient (Wildman–Crippen LogP) is 9.94. The number of benzene rings is 6. The minimum atomic E-state index is -0.916. The van der Waals surface area contributed by atoms with Crippen LogP contribution in [0.4, 0.5) is 14.4 Å². The Kier molecular flexibility index (Phi) is 17.8. The summed E-state index contributed by atoms with van der Waals surface area (Å²) in [4.78, 5) is 109. The van der Waals surface area contributed by atoms with Gasteiger partial charge in [-0.25, -0.2) is 18.3 Å². The van der Waals surface area contributed by atoms with Gasteiger partial charge in [0.15, 0.2) is 17.3 Å². The Morgan fingerprint density at radius 2 is 0.797 bits per heavy atom. The first-order valence-electron chi connectivity index (χ1n) is 23.3. The van der Waals surface area contributed by atoms with Crippen molar-refractivity contribution in [1.82, 2.24) is 29.7 Å². The molecule has 3 aliphatic rings. The summed E-state index contributed by atoms with van der Waals surface area (Å²) in [6, 6.07) is 47.8. The van der Waals surface area contributed by atoms with Crippen molar-refractivity contribution in [2.75, 3.05) is 0 Å². The number of carbonyl (C=O) groups is 9. The van der Waals surface area contributed by atoms with Gasteiger partial charge < -0.3 is 10.6 Å². The molecule has 3 N–H and O–H groups in total. The number of ketones is 3. The number of rotatable bonds is 11. The van der Waals surface area contributed by atoms with Crippen molar-refractivity contribution in [3.8, 4) is 0 Å². The molecule has 9 amide bonds. The van der Waals surface area contributed by atoms with E-state index in [0.29, 0.717) is 22.3 Å². The Morgan fingerprint density at radius 1 is 0.446 bits per heavy atom. The smallest absolute Gasteiger partial charge is 0.324 e. The molecule has 0 radical (unpaired) electrons. The Balaban J connectivity index is 0.000000170. The van der Waals surface area contributed by atoms with Gasteiger partial charge in [-0.05, 0) is 58.2 Å². The number of carbonyl (C=O) groups excluding carboxylic acids is 9. The van der Waals surface area contributed by atoms with Crippen molar-refractivity contribution >= 4 is 85.2 Å². The number of halogens is 2. The number of nitrogens with one attached hydrogen (secondary N) is 3. The second-order valence-electron chi connectivity index (χ2n) is 18.8. The highest BCUT2D eigenvalue weighted by Gasteiger charge is 2.50. The average molecular weight is 1130 g/mol. The molecule has 0 aromatic heterocycles. The summed E-state index contributed by atoms with van der Waals surface area (Å²) in [5.41, 5.74) is 4.08. The van der Waals surface area contributed by atoms with Gasteiger partial charge in [-0.3, -0.25) is 43.9 Å². The third kappa shape index (κ3) is 13.4. The molecule has 3 saturated heterocycles. The van der Waals surface area contributed by atoms with Gasteiger partial charge in [0.2, 0.25) is 0 Å². The van der Waals surface area contributed by atoms with Gasteiger partial charge in [-0.15, -0.1) is 0 Å². The van der Waals surface area contributed by atoms with E-state index >= 15 is 0 Å². The van der Waals surface area contributed by atoms with Gasteiger partial charge in [0, 0.05) is 38.7 Å². The van der Waals surface area contributed by atoms with Crippen molar-refractivity contribution in [3.63, 3.8) is 0 Å². The monoisotopic (exact) mass is 1120 g/mol. The number of imide groups is 3. The molecule has 0 bridgehead atoms. The summed E-state index contributed by atoms with van der Waals surface area (Å²) in [6.07, 6.45) is 0. The first kappa shape index (κ1) is 55.4. The van der Waals surface area contributed by atoms with Crippen molar-refractivity contribution in [2.45, 2.75) is 76.6 Å². The average Bonchev–Trinajstić information content (AvgIpc) is 3.83. The molecule has 6 aromatic carbocycles. The van der Waals surface area contributed by atoms with E-state index in [1.807, 2.05) is 91.0 Å². The highest BCUT2D eigenvalue weighted by Crippen LogP contribution is 2.32. The van der Waals surface area contributed by atoms with Crippen LogP contribution in [0.1, 0.15) is 106 Å². The van der Waals surface area contributed by atoms with Gasteiger partial charge >= 0.3 is 18.1 Å². The van der Waals surface area contributed by atoms with E-state index in [9.17, 15) is 43.2 Å². The van der Waals surface area contributed by atoms with Crippen LogP contribution in [0.3, 0.4) is 0 Å². The molecule has 15 nitrogen and oxygen atoms in total. The number of amides is 9. The molecule has 0 aliphatic carbocycles. The maximum absolute atomic E-state index is 12.4. The molecule has 3 heterocycles. The lowest BCUT2D eigenvalue weighted by molar-refractivity contribution is -0.131. The normalized spacial score (nSPS) is 15.8. The molecule has 17 heteroatoms. The number of urea groups is 3. The van der Waals surface area contributed by atoms with Gasteiger partial charge in [-0.1, -0.05) is 180 Å². The third-order valence-electron chi connectivity index (χ3n) is 11.9. The summed E-state index contributed by atoms with van der Waals surface area (Å²) in [5, 5.41) is 8.02. The van der Waals surface area contributed by atoms with Crippen molar-refractivity contribution in [2.24, 2.45) is 0 Å². The largest absolute Gasteiger partial charge is 0.338 e. The Bertz CT molecular complexity index is 3060. The number of nitrogens with zero attached hydrogens (tertiary/aromatic N) is 3. The number of alkyl halides is 1. The summed E-state index contributed by atoms with van der Waals surface area (Å²) < 4.78 is 1.26. The predicted molar refractivity (Wildman–Crippen MR) is 286 cm³/mol. The molecular formula is C57H54Br2N6O9. The summed E-state index contributed by atoms with van der Waals surface area (Å²) in [7, 11) is 0. The Labute approximate surface area is 446 Å². The minimum Gasteiger partial charge on any atom is -0.324 e. The van der Waals surface area contributed by atoms with Crippen molar-refractivity contribution in [3.05, 3.63) is 214 Å². The zero-order valence-electron chi connectivity index (χ0n) is 41.5. The second kappa shape index (κ2) is 23.8. The van der Waals surface area contributed by atoms with Gasteiger partial charge in [-0.2, -0.15) is 0 Å². The first-order chi connectivity index (χ1) is 35.0. The second-order valence-corrected chi connectivity index (χ2v) is 20.1. The lowest BCUT2D eigenvalue weighted by Crippen LogP contribution is -2.40. The van der Waals surface area contributed by atoms with Gasteiger partial charge in [0.1, 0.15) is 16.6 Å². The minimum absolute atomic E-state index is 0.0572. The molecule has 74 heavy (non-hydrogen) atoms. The zero-order valence-corrected chi connectivity index (χ0v) is 44.7. The maximum Gasteiger partial charge on any atom is 0.338 e. The Morgan fingerprint density at radius 3 is 1.07 bits per heavy atom. The fourth-order valence-electron chi connectivity index (χ4n) is 7.48. The van der Waals surface area contributed by atoms with E-state index in [1.54, 1.807) is 114 Å². The quantitative estimate of drug-likeness (QED) is 0.0489. The molecule has 0 unspecified atom stereocenters. The lowest BCUT2D eigenvalue weighted by Gasteiger charge is -2.20. The van der Waals surface area contributed by atoms with E-state index in [1.165, 1.54) is 19.3 Å². The zero-order chi connectivity index (χ0) is 54.0. The van der Waals surface area contributed by atoms with Crippen LogP contribution < -0.4 is 16.0 Å². The fourth-order valence-corrected chi connectivity index (χ4v) is 8.20. The van der Waals surface area contributed by atoms with Crippen LogP contribution in [-0.4, -0.2) is 83.5 Å². The first-order valence-corrected chi connectivity index (χ1v) is 25.1. The lowest BCUT2D eigenvalue weighted by atomic mass is 10.0. The van der Waals surface area contributed by atoms with Crippen LogP contribution in [0.2, 0.25) is 0 Å². The summed E-state index contributed by atoms with van der Waals surface area (Å²) in [5.74, 6) is -0.837. The Hall–Kier alpha value is -7.89. The van der Waals surface area contributed by atoms with E-state index in [2.05, 4.69) is 48.0 Å². The van der Waals surface area contributed by atoms with Crippen LogP contribution in [-0.2, 0) is 32.8 Å². The summed E-state index contributed by atoms with van der Waals surface area (Å²) >= 11 is 6.53. The standard InChI is InChI=1S/C19H17BrN2O3.C19H18N2O3.C14H11BrO.C5H8N2O2/c1-19(2)17(24)21(18(25)22(19)20)12-13-8-10-15(11-9-13)16(23)14-6-4-3-5-7-14;1-19(2)17(23)21(18(24)20-19)12-13-8-10-15(11-9-13)16(22)14-6-4-3-5-7-14;15-10-11-6-8-13(9-7-11)14(16)12-4-2-1-3-5-12;1-5(2)3(8)6-4(9)7-5/h3-11H,12H2,1-2H3;3-11H,12H2,1-2H3,(H,20,24);1-9H,10H2;1-2H3,(H2,6,7,8,9). The molecule has 6 aromatic rings. The van der Waals surface area contributed by atoms with Gasteiger partial charge in [0.25, 0.3) is 17.7 Å². The molecule has 380 valence electrons. The fraction of sp³-hybridized carbons (Fsp3) is 0.211. The molecule has 3 fully saturated rings. The van der Waals surface area contributed by atoms with E-state index < -0.39 is 28.7 Å². The topological polar surface area (TPSA) is 199 Å². The van der Waals surface area contributed by atoms with Crippen LogP contribution in [0, 0.1) is 0 Å². The SMILES string of the molecule is CC1(C)C(=O)N(Cc2ccc(C(=O)c3ccccc3)cc2)C(=O)N1Br.CC1(C)NC(=O)N(Cc2ccc(C(=O)c3ccccc3)cc2)C1=O.CC1(C)NC(=O)NC1=O.O=C(c1ccccc1)c1ccc(CBr)cc1. The van der Waals surface area contributed by atoms with E-state index in [-0.39, 0.29) is 54.2 Å². The molecule has 0 spiro atoms. The van der Waals surface area contributed by atoms with Crippen LogP contribution in [0.25, 0.3) is 0 Å². The number of hydrogen-bond donors (Lipinski definition) is 3. The molecule has 0 atom stereocenters.